The van der Waals surface area contributed by atoms with E-state index in [-0.39, 0.29) is 35.0 Å². The van der Waals surface area contributed by atoms with Gasteiger partial charge in [0.2, 0.25) is 0 Å². The molecule has 0 radical (unpaired) electrons. The Morgan fingerprint density at radius 2 is 1.67 bits per heavy atom. The molecule has 0 bridgehead atoms. The molecule has 2 rings (SSSR count). The summed E-state index contributed by atoms with van der Waals surface area (Å²) in [6.45, 7) is 13.8. The van der Waals surface area contributed by atoms with E-state index in [0.29, 0.717) is 36.0 Å². The minimum atomic E-state index is -1.39. The van der Waals surface area contributed by atoms with Crippen LogP contribution in [0.4, 0.5) is 0 Å². The van der Waals surface area contributed by atoms with Gasteiger partial charge in [-0.25, -0.2) is 5.01 Å². The monoisotopic (exact) mass is 496 g/mol. The zero-order valence-corrected chi connectivity index (χ0v) is 22.7. The van der Waals surface area contributed by atoms with Gasteiger partial charge in [-0.2, -0.15) is 0 Å². The summed E-state index contributed by atoms with van der Waals surface area (Å²) in [5.41, 5.74) is 6.36. The normalized spacial score (nSPS) is 12.2. The van der Waals surface area contributed by atoms with E-state index in [2.05, 4.69) is 33.1 Å². The van der Waals surface area contributed by atoms with Crippen LogP contribution in [0.2, 0.25) is 6.32 Å². The zero-order chi connectivity index (χ0) is 27.2. The minimum absolute atomic E-state index is 0.00296. The molecule has 0 heterocycles. The minimum Gasteiger partial charge on any atom is -0.507 e. The molecule has 0 saturated heterocycles. The first-order valence-corrected chi connectivity index (χ1v) is 12.7. The Morgan fingerprint density at radius 1 is 1.06 bits per heavy atom. The number of hydrogen-bond acceptors (Lipinski definition) is 5. The van der Waals surface area contributed by atoms with Crippen molar-refractivity contribution >= 4 is 18.9 Å². The highest BCUT2D eigenvalue weighted by Crippen LogP contribution is 2.30. The molecular weight excluding hydrogens is 455 g/mol. The number of nitrogens with one attached hydrogen (secondary N) is 1. The van der Waals surface area contributed by atoms with Gasteiger partial charge in [-0.15, -0.1) is 0 Å². The van der Waals surface area contributed by atoms with E-state index in [0.717, 1.165) is 17.5 Å². The Bertz CT molecular complexity index is 1060. The van der Waals surface area contributed by atoms with E-state index in [1.54, 1.807) is 19.1 Å². The Hall–Kier alpha value is -2.84. The number of carbonyl (C=O) groups excluding carboxylic acids is 2. The zero-order valence-electron chi connectivity index (χ0n) is 22.7. The van der Waals surface area contributed by atoms with E-state index >= 15 is 0 Å². The largest absolute Gasteiger partial charge is 0.507 e. The SMILES string of the molecule is CCCC(N(NC(=O)c1ccc(CCCB(O)O)c(O)c1C)C(=O)c1cc(C)cc(C)c1)C(C)(C)C. The van der Waals surface area contributed by atoms with Gasteiger partial charge in [-0.3, -0.25) is 15.0 Å². The molecule has 0 spiro atoms. The van der Waals surface area contributed by atoms with Crippen LogP contribution < -0.4 is 5.43 Å². The molecule has 2 aromatic rings. The van der Waals surface area contributed by atoms with Gasteiger partial charge >= 0.3 is 7.12 Å². The summed E-state index contributed by atoms with van der Waals surface area (Å²) in [7, 11) is -1.39. The first-order valence-electron chi connectivity index (χ1n) is 12.7. The highest BCUT2D eigenvalue weighted by molar-refractivity contribution is 6.40. The highest BCUT2D eigenvalue weighted by atomic mass is 16.4. The lowest BCUT2D eigenvalue weighted by Crippen LogP contribution is -2.56. The molecule has 7 nitrogen and oxygen atoms in total. The maximum atomic E-state index is 13.8. The van der Waals surface area contributed by atoms with Crippen molar-refractivity contribution in [1.82, 2.24) is 10.4 Å². The van der Waals surface area contributed by atoms with Gasteiger partial charge in [0.1, 0.15) is 5.75 Å². The number of rotatable bonds is 9. The van der Waals surface area contributed by atoms with E-state index in [9.17, 15) is 14.7 Å². The van der Waals surface area contributed by atoms with Gasteiger partial charge in [0.15, 0.2) is 0 Å². The molecule has 1 atom stereocenters. The Labute approximate surface area is 215 Å². The molecule has 0 aliphatic heterocycles. The van der Waals surface area contributed by atoms with Crippen LogP contribution in [0.25, 0.3) is 0 Å². The van der Waals surface area contributed by atoms with Crippen molar-refractivity contribution in [3.05, 3.63) is 63.7 Å². The molecule has 8 heteroatoms. The molecule has 0 aromatic heterocycles. The number of aryl methyl sites for hydroxylation is 3. The number of benzene rings is 2. The van der Waals surface area contributed by atoms with Gasteiger partial charge in [-0.05, 0) is 69.1 Å². The van der Waals surface area contributed by atoms with Gasteiger partial charge < -0.3 is 15.2 Å². The second-order valence-electron chi connectivity index (χ2n) is 10.8. The number of carbonyl (C=O) groups is 2. The first kappa shape index (κ1) is 29.4. The molecule has 0 saturated carbocycles. The van der Waals surface area contributed by atoms with E-state index in [4.69, 9.17) is 10.0 Å². The summed E-state index contributed by atoms with van der Waals surface area (Å²) in [6, 6.07) is 8.72. The summed E-state index contributed by atoms with van der Waals surface area (Å²) >= 11 is 0. The third-order valence-corrected chi connectivity index (χ3v) is 6.45. The molecule has 0 fully saturated rings. The molecule has 4 N–H and O–H groups in total. The van der Waals surface area contributed by atoms with Crippen LogP contribution in [-0.2, 0) is 6.42 Å². The molecule has 36 heavy (non-hydrogen) atoms. The fourth-order valence-electron chi connectivity index (χ4n) is 4.58. The number of nitrogens with zero attached hydrogens (tertiary/aromatic N) is 1. The lowest BCUT2D eigenvalue weighted by atomic mass is 9.83. The number of phenols is 1. The van der Waals surface area contributed by atoms with Gasteiger partial charge in [0, 0.05) is 16.7 Å². The molecule has 2 aromatic carbocycles. The van der Waals surface area contributed by atoms with Gasteiger partial charge in [0.25, 0.3) is 11.8 Å². The number of phenolic OH excluding ortho intramolecular Hbond substituents is 1. The fraction of sp³-hybridized carbons (Fsp3) is 0.500. The third kappa shape index (κ3) is 7.58. The van der Waals surface area contributed by atoms with Crippen LogP contribution in [0.5, 0.6) is 5.75 Å². The Kier molecular flexibility index (Phi) is 10.1. The van der Waals surface area contributed by atoms with Gasteiger partial charge in [-0.1, -0.05) is 63.8 Å². The predicted molar refractivity (Wildman–Crippen MR) is 144 cm³/mol. The van der Waals surface area contributed by atoms with Crippen LogP contribution in [-0.4, -0.2) is 45.1 Å². The van der Waals surface area contributed by atoms with Crippen molar-refractivity contribution in [3.63, 3.8) is 0 Å². The van der Waals surface area contributed by atoms with E-state index < -0.39 is 13.0 Å². The molecule has 196 valence electrons. The highest BCUT2D eigenvalue weighted by Gasteiger charge is 2.35. The van der Waals surface area contributed by atoms with Gasteiger partial charge in [0.05, 0.1) is 6.04 Å². The molecule has 0 aliphatic carbocycles. The molecular formula is C28H41BN2O5. The van der Waals surface area contributed by atoms with Crippen molar-refractivity contribution in [1.29, 1.82) is 0 Å². The topological polar surface area (TPSA) is 110 Å². The Morgan fingerprint density at radius 3 is 2.19 bits per heavy atom. The summed E-state index contributed by atoms with van der Waals surface area (Å²) in [5.74, 6) is -0.740. The standard InChI is InChI=1S/C28H41BN2O5/c1-8-10-24(28(5,6)7)31(27(34)22-16-18(2)15-19(3)17-22)30-26(33)23-13-12-21(25(32)20(23)4)11-9-14-29(35)36/h12-13,15-17,24,32,35-36H,8-11,14H2,1-7H3,(H,30,33). The van der Waals surface area contributed by atoms with Crippen LogP contribution in [0.3, 0.4) is 0 Å². The molecule has 1 unspecified atom stereocenters. The number of amides is 2. The predicted octanol–water partition coefficient (Wildman–Crippen LogP) is 4.72. The van der Waals surface area contributed by atoms with Crippen molar-refractivity contribution < 1.29 is 24.7 Å². The molecule has 2 amide bonds. The van der Waals surface area contributed by atoms with Crippen LogP contribution in [0.15, 0.2) is 30.3 Å². The van der Waals surface area contributed by atoms with E-state index in [1.807, 2.05) is 32.0 Å². The quantitative estimate of drug-likeness (QED) is 0.297. The van der Waals surface area contributed by atoms with Crippen molar-refractivity contribution in [3.8, 4) is 5.75 Å². The molecule has 0 aliphatic rings. The Balaban J connectivity index is 2.43. The number of hydrazine groups is 1. The lowest BCUT2D eigenvalue weighted by Gasteiger charge is -2.40. The average Bonchev–Trinajstić information content (AvgIpc) is 2.76. The number of aromatic hydroxyl groups is 1. The third-order valence-electron chi connectivity index (χ3n) is 6.45. The number of hydrogen-bond donors (Lipinski definition) is 4. The second-order valence-corrected chi connectivity index (χ2v) is 10.8. The maximum Gasteiger partial charge on any atom is 0.451 e. The second kappa shape index (κ2) is 12.4. The smallest absolute Gasteiger partial charge is 0.451 e. The maximum absolute atomic E-state index is 13.8. The van der Waals surface area contributed by atoms with Crippen LogP contribution in [0, 0.1) is 26.2 Å². The summed E-state index contributed by atoms with van der Waals surface area (Å²) in [5, 5.41) is 30.3. The van der Waals surface area contributed by atoms with Crippen molar-refractivity contribution in [2.45, 2.75) is 86.5 Å². The average molecular weight is 496 g/mol. The first-order chi connectivity index (χ1) is 16.8. The fourth-order valence-corrected chi connectivity index (χ4v) is 4.58. The van der Waals surface area contributed by atoms with Crippen LogP contribution >= 0.6 is 0 Å². The van der Waals surface area contributed by atoms with E-state index in [1.165, 1.54) is 5.01 Å². The summed E-state index contributed by atoms with van der Waals surface area (Å²) in [6.07, 6.45) is 2.68. The summed E-state index contributed by atoms with van der Waals surface area (Å²) < 4.78 is 0. The lowest BCUT2D eigenvalue weighted by molar-refractivity contribution is 0.0270. The van der Waals surface area contributed by atoms with Crippen molar-refractivity contribution in [2.75, 3.05) is 0 Å². The summed E-state index contributed by atoms with van der Waals surface area (Å²) in [4.78, 5) is 27.2. The van der Waals surface area contributed by atoms with Crippen molar-refractivity contribution in [2.24, 2.45) is 5.41 Å². The van der Waals surface area contributed by atoms with Crippen LogP contribution in [0.1, 0.15) is 89.9 Å².